The lowest BCUT2D eigenvalue weighted by molar-refractivity contribution is 0.288. The zero-order valence-electron chi connectivity index (χ0n) is 7.05. The average Bonchev–Trinajstić information content (AvgIpc) is 1.99. The fourth-order valence-electron chi connectivity index (χ4n) is 1.63. The van der Waals surface area contributed by atoms with E-state index in [0.29, 0.717) is 12.1 Å². The van der Waals surface area contributed by atoms with Gasteiger partial charge >= 0.3 is 0 Å². The van der Waals surface area contributed by atoms with Crippen molar-refractivity contribution in [3.63, 3.8) is 0 Å². The van der Waals surface area contributed by atoms with Gasteiger partial charge in [-0.1, -0.05) is 28.1 Å². The van der Waals surface area contributed by atoms with Gasteiger partial charge in [0.15, 0.2) is 0 Å². The highest BCUT2D eigenvalue weighted by Crippen LogP contribution is 2.28. The number of benzene rings is 1. The molecule has 0 amide bonds. The Kier molecular flexibility index (Phi) is 2.20. The second kappa shape index (κ2) is 3.19. The van der Waals surface area contributed by atoms with Gasteiger partial charge in [-0.3, -0.25) is 0 Å². The molecule has 0 radical (unpaired) electrons. The minimum Gasteiger partial charge on any atom is -0.307 e. The summed E-state index contributed by atoms with van der Waals surface area (Å²) in [6, 6.07) is 9.78. The van der Waals surface area contributed by atoms with Crippen LogP contribution in [-0.4, -0.2) is 6.04 Å². The molecule has 2 atom stereocenters. The van der Waals surface area contributed by atoms with E-state index >= 15 is 0 Å². The largest absolute Gasteiger partial charge is 0.307 e. The Morgan fingerprint density at radius 3 is 2.83 bits per heavy atom. The van der Waals surface area contributed by atoms with Gasteiger partial charge in [-0.15, -0.1) is 0 Å². The van der Waals surface area contributed by atoms with Crippen LogP contribution in [0, 0.1) is 0 Å². The van der Waals surface area contributed by atoms with Gasteiger partial charge in [0.25, 0.3) is 0 Å². The van der Waals surface area contributed by atoms with Crippen molar-refractivity contribution in [3.05, 3.63) is 34.3 Å². The molecule has 1 aliphatic heterocycles. The molecular weight excluding hydrogens is 214 g/mol. The zero-order chi connectivity index (χ0) is 8.55. The van der Waals surface area contributed by atoms with Crippen LogP contribution < -0.4 is 5.32 Å². The van der Waals surface area contributed by atoms with Crippen molar-refractivity contribution in [2.45, 2.75) is 25.4 Å². The third-order valence-electron chi connectivity index (χ3n) is 2.33. The summed E-state index contributed by atoms with van der Waals surface area (Å²) in [4.78, 5) is 0. The molecule has 2 unspecified atom stereocenters. The van der Waals surface area contributed by atoms with Crippen LogP contribution in [0.15, 0.2) is 28.7 Å². The van der Waals surface area contributed by atoms with Crippen LogP contribution in [0.1, 0.15) is 24.9 Å². The predicted octanol–water partition coefficient (Wildman–Crippen LogP) is 2.87. The first-order valence-corrected chi connectivity index (χ1v) is 5.06. The maximum Gasteiger partial charge on any atom is 0.0337 e. The molecule has 12 heavy (non-hydrogen) atoms. The molecule has 0 saturated carbocycles. The van der Waals surface area contributed by atoms with Crippen molar-refractivity contribution in [1.82, 2.24) is 5.32 Å². The number of nitrogens with one attached hydrogen (secondary N) is 1. The molecule has 0 aliphatic carbocycles. The van der Waals surface area contributed by atoms with Crippen LogP contribution in [0.25, 0.3) is 0 Å². The van der Waals surface area contributed by atoms with Crippen molar-refractivity contribution in [1.29, 1.82) is 0 Å². The topological polar surface area (TPSA) is 12.0 Å². The van der Waals surface area contributed by atoms with E-state index in [1.54, 1.807) is 0 Å². The Balaban J connectivity index is 2.13. The maximum atomic E-state index is 3.47. The molecular formula is C10H12BrN. The average molecular weight is 226 g/mol. The van der Waals surface area contributed by atoms with Gasteiger partial charge in [-0.05, 0) is 31.0 Å². The first-order valence-electron chi connectivity index (χ1n) is 4.27. The van der Waals surface area contributed by atoms with Crippen LogP contribution in [0.4, 0.5) is 0 Å². The summed E-state index contributed by atoms with van der Waals surface area (Å²) >= 11 is 3.47. The van der Waals surface area contributed by atoms with Crippen molar-refractivity contribution in [2.75, 3.05) is 0 Å². The third kappa shape index (κ3) is 1.54. The maximum absolute atomic E-state index is 3.47. The van der Waals surface area contributed by atoms with E-state index in [9.17, 15) is 0 Å². The molecule has 0 spiro atoms. The van der Waals surface area contributed by atoms with Crippen molar-refractivity contribution >= 4 is 15.9 Å². The summed E-state index contributed by atoms with van der Waals surface area (Å²) in [7, 11) is 0. The molecule has 0 aromatic heterocycles. The standard InChI is InChI=1S/C10H12BrN/c1-7-5-10(12-7)8-3-2-4-9(11)6-8/h2-4,6-7,10,12H,5H2,1H3. The Bertz CT molecular complexity index is 279. The van der Waals surface area contributed by atoms with Crippen LogP contribution in [-0.2, 0) is 0 Å². The second-order valence-electron chi connectivity index (χ2n) is 3.41. The Labute approximate surface area is 81.3 Å². The third-order valence-corrected chi connectivity index (χ3v) is 2.82. The summed E-state index contributed by atoms with van der Waals surface area (Å²) < 4.78 is 1.17. The van der Waals surface area contributed by atoms with E-state index < -0.39 is 0 Å². The fourth-order valence-corrected chi connectivity index (χ4v) is 2.05. The van der Waals surface area contributed by atoms with Crippen LogP contribution in [0.3, 0.4) is 0 Å². The summed E-state index contributed by atoms with van der Waals surface area (Å²) in [5.74, 6) is 0. The molecule has 1 aromatic rings. The summed E-state index contributed by atoms with van der Waals surface area (Å²) in [5, 5.41) is 3.47. The molecule has 64 valence electrons. The first kappa shape index (κ1) is 8.27. The van der Waals surface area contributed by atoms with E-state index in [1.807, 2.05) is 0 Å². The summed E-state index contributed by atoms with van der Waals surface area (Å²) in [6.07, 6.45) is 1.26. The lowest BCUT2D eigenvalue weighted by atomic mass is 9.92. The highest BCUT2D eigenvalue weighted by molar-refractivity contribution is 9.10. The molecule has 1 N–H and O–H groups in total. The van der Waals surface area contributed by atoms with Gasteiger partial charge in [0.05, 0.1) is 0 Å². The van der Waals surface area contributed by atoms with Gasteiger partial charge in [0.1, 0.15) is 0 Å². The highest BCUT2D eigenvalue weighted by Gasteiger charge is 2.25. The van der Waals surface area contributed by atoms with E-state index in [2.05, 4.69) is 52.4 Å². The van der Waals surface area contributed by atoms with E-state index in [-0.39, 0.29) is 0 Å². The van der Waals surface area contributed by atoms with Gasteiger partial charge in [-0.2, -0.15) is 0 Å². The summed E-state index contributed by atoms with van der Waals surface area (Å²) in [5.41, 5.74) is 1.39. The molecule has 2 rings (SSSR count). The SMILES string of the molecule is CC1CC(c2cccc(Br)c2)N1. The van der Waals surface area contributed by atoms with E-state index in [4.69, 9.17) is 0 Å². The normalized spacial score (nSPS) is 28.2. The van der Waals surface area contributed by atoms with Crippen LogP contribution >= 0.6 is 15.9 Å². The molecule has 2 heteroatoms. The van der Waals surface area contributed by atoms with Gasteiger partial charge in [0, 0.05) is 16.6 Å². The van der Waals surface area contributed by atoms with Crippen LogP contribution in [0.5, 0.6) is 0 Å². The smallest absolute Gasteiger partial charge is 0.0337 e. The number of rotatable bonds is 1. The number of halogens is 1. The Morgan fingerprint density at radius 2 is 2.25 bits per heavy atom. The summed E-state index contributed by atoms with van der Waals surface area (Å²) in [6.45, 7) is 2.22. The fraction of sp³-hybridized carbons (Fsp3) is 0.400. The van der Waals surface area contributed by atoms with Crippen molar-refractivity contribution in [3.8, 4) is 0 Å². The molecule has 0 bridgehead atoms. The van der Waals surface area contributed by atoms with Gasteiger partial charge in [-0.25, -0.2) is 0 Å². The van der Waals surface area contributed by atoms with E-state index in [0.717, 1.165) is 0 Å². The minimum atomic E-state index is 0.581. The van der Waals surface area contributed by atoms with Crippen molar-refractivity contribution in [2.24, 2.45) is 0 Å². The second-order valence-corrected chi connectivity index (χ2v) is 4.33. The lowest BCUT2D eigenvalue weighted by Crippen LogP contribution is -2.43. The highest BCUT2D eigenvalue weighted by atomic mass is 79.9. The molecule has 1 fully saturated rings. The van der Waals surface area contributed by atoms with Gasteiger partial charge < -0.3 is 5.32 Å². The number of hydrogen-bond acceptors (Lipinski definition) is 1. The molecule has 1 aliphatic rings. The van der Waals surface area contributed by atoms with Gasteiger partial charge in [0.2, 0.25) is 0 Å². The Morgan fingerprint density at radius 1 is 1.50 bits per heavy atom. The lowest BCUT2D eigenvalue weighted by Gasteiger charge is -2.35. The number of hydrogen-bond donors (Lipinski definition) is 1. The molecule has 1 heterocycles. The zero-order valence-corrected chi connectivity index (χ0v) is 8.64. The monoisotopic (exact) mass is 225 g/mol. The molecule has 1 aromatic carbocycles. The Hall–Kier alpha value is -0.340. The first-order chi connectivity index (χ1) is 5.75. The van der Waals surface area contributed by atoms with Crippen LogP contribution in [0.2, 0.25) is 0 Å². The molecule has 1 nitrogen and oxygen atoms in total. The predicted molar refractivity (Wildman–Crippen MR) is 54.1 cm³/mol. The van der Waals surface area contributed by atoms with E-state index in [1.165, 1.54) is 16.5 Å². The minimum absolute atomic E-state index is 0.581. The molecule has 1 saturated heterocycles. The quantitative estimate of drug-likeness (QED) is 0.776. The van der Waals surface area contributed by atoms with Crippen molar-refractivity contribution < 1.29 is 0 Å².